The van der Waals surface area contributed by atoms with Crippen LogP contribution >= 0.6 is 34.5 Å². The van der Waals surface area contributed by atoms with Gasteiger partial charge in [0.15, 0.2) is 0 Å². The van der Waals surface area contributed by atoms with E-state index in [0.717, 1.165) is 36.0 Å². The molecule has 1 aromatic heterocycles. The highest BCUT2D eigenvalue weighted by atomic mass is 35.5. The van der Waals surface area contributed by atoms with E-state index in [1.807, 2.05) is 12.1 Å². The van der Waals surface area contributed by atoms with Crippen molar-refractivity contribution in [3.63, 3.8) is 0 Å². The maximum atomic E-state index is 6.25. The Morgan fingerprint density at radius 2 is 2.14 bits per heavy atom. The molecule has 0 atom stereocenters. The third-order valence-electron chi connectivity index (χ3n) is 3.64. The maximum absolute atomic E-state index is 6.25. The minimum Gasteiger partial charge on any atom is -0.309 e. The first-order chi connectivity index (χ1) is 10.2. The van der Waals surface area contributed by atoms with Crippen molar-refractivity contribution in [1.29, 1.82) is 0 Å². The van der Waals surface area contributed by atoms with Gasteiger partial charge in [-0.2, -0.15) is 0 Å². The molecule has 3 rings (SSSR count). The van der Waals surface area contributed by atoms with E-state index in [4.69, 9.17) is 28.2 Å². The zero-order valence-electron chi connectivity index (χ0n) is 12.0. The van der Waals surface area contributed by atoms with Crippen molar-refractivity contribution in [1.82, 2.24) is 10.3 Å². The van der Waals surface area contributed by atoms with E-state index in [9.17, 15) is 0 Å². The highest BCUT2D eigenvalue weighted by molar-refractivity contribution is 7.11. The first kappa shape index (κ1) is 15.3. The number of hydrogen-bond donors (Lipinski definition) is 1. The molecular weight excluding hydrogens is 323 g/mol. The van der Waals surface area contributed by atoms with E-state index in [-0.39, 0.29) is 0 Å². The number of benzene rings is 1. The molecule has 112 valence electrons. The molecule has 1 heterocycles. The Morgan fingerprint density at radius 3 is 2.81 bits per heavy atom. The second kappa shape index (κ2) is 6.66. The van der Waals surface area contributed by atoms with Gasteiger partial charge in [-0.15, -0.1) is 11.3 Å². The molecule has 0 spiro atoms. The molecule has 0 aliphatic heterocycles. The van der Waals surface area contributed by atoms with Crippen LogP contribution in [0.4, 0.5) is 0 Å². The van der Waals surface area contributed by atoms with Crippen LogP contribution in [0.5, 0.6) is 0 Å². The van der Waals surface area contributed by atoms with Crippen LogP contribution in [0.2, 0.25) is 10.0 Å². The summed E-state index contributed by atoms with van der Waals surface area (Å²) in [6.07, 6.45) is 4.38. The van der Waals surface area contributed by atoms with E-state index in [2.05, 4.69) is 12.2 Å². The summed E-state index contributed by atoms with van der Waals surface area (Å²) in [5, 5.41) is 6.09. The zero-order valence-corrected chi connectivity index (χ0v) is 14.3. The van der Waals surface area contributed by atoms with Crippen molar-refractivity contribution < 1.29 is 0 Å². The summed E-state index contributed by atoms with van der Waals surface area (Å²) < 4.78 is 0. The number of rotatable bonds is 6. The van der Waals surface area contributed by atoms with E-state index in [0.29, 0.717) is 10.0 Å². The molecule has 0 radical (unpaired) electrons. The number of hydrogen-bond acceptors (Lipinski definition) is 3. The third kappa shape index (κ3) is 3.98. The topological polar surface area (TPSA) is 24.9 Å². The maximum Gasteiger partial charge on any atom is 0.0975 e. The Morgan fingerprint density at radius 1 is 1.33 bits per heavy atom. The molecule has 0 unspecified atom stereocenters. The third-order valence-corrected chi connectivity index (χ3v) is 5.33. The van der Waals surface area contributed by atoms with Gasteiger partial charge in [-0.1, -0.05) is 36.2 Å². The summed E-state index contributed by atoms with van der Waals surface area (Å²) in [5.41, 5.74) is 2.30. The fourth-order valence-electron chi connectivity index (χ4n) is 2.28. The molecule has 1 fully saturated rings. The molecule has 21 heavy (non-hydrogen) atoms. The Balaban J connectivity index is 1.74. The van der Waals surface area contributed by atoms with Crippen LogP contribution in [0.1, 0.15) is 40.9 Å². The molecule has 1 aliphatic rings. The fourth-order valence-corrected chi connectivity index (χ4v) is 3.89. The van der Waals surface area contributed by atoms with Gasteiger partial charge in [-0.3, -0.25) is 0 Å². The van der Waals surface area contributed by atoms with Crippen molar-refractivity contribution in [2.45, 2.75) is 45.2 Å². The van der Waals surface area contributed by atoms with Crippen molar-refractivity contribution in [2.24, 2.45) is 0 Å². The zero-order chi connectivity index (χ0) is 14.8. The van der Waals surface area contributed by atoms with Gasteiger partial charge in [0, 0.05) is 33.9 Å². The number of nitrogens with zero attached hydrogens (tertiary/aromatic N) is 1. The van der Waals surface area contributed by atoms with Crippen molar-refractivity contribution in [2.75, 3.05) is 0 Å². The van der Waals surface area contributed by atoms with Crippen molar-refractivity contribution in [3.05, 3.63) is 49.4 Å². The van der Waals surface area contributed by atoms with Gasteiger partial charge < -0.3 is 5.32 Å². The Labute approximate surface area is 139 Å². The average Bonchev–Trinajstić information content (AvgIpc) is 3.20. The van der Waals surface area contributed by atoms with Crippen molar-refractivity contribution >= 4 is 34.5 Å². The van der Waals surface area contributed by atoms with Crippen LogP contribution in [-0.4, -0.2) is 11.0 Å². The number of halogens is 2. The first-order valence-electron chi connectivity index (χ1n) is 7.30. The Hall–Kier alpha value is -0.610. The number of thiazole rings is 1. The molecule has 5 heteroatoms. The minimum absolute atomic E-state index is 0.673. The van der Waals surface area contributed by atoms with Crippen LogP contribution in [-0.2, 0) is 19.4 Å². The fraction of sp³-hybridized carbons (Fsp3) is 0.438. The van der Waals surface area contributed by atoms with Gasteiger partial charge in [0.05, 0.1) is 10.7 Å². The molecular formula is C16H18Cl2N2S. The highest BCUT2D eigenvalue weighted by Gasteiger charge is 2.21. The summed E-state index contributed by atoms with van der Waals surface area (Å²) >= 11 is 14.0. The standard InChI is InChI=1S/C16H18Cl2N2S/c1-2-14-15(9-19-12-5-6-12)21-16(20-14)7-10-3-4-11(17)8-13(10)18/h3-4,8,12,19H,2,5-7,9H2,1H3. The normalized spacial score (nSPS) is 14.6. The van der Waals surface area contributed by atoms with E-state index in [1.54, 1.807) is 17.4 Å². The Bertz CT molecular complexity index is 635. The molecule has 2 aromatic rings. The molecule has 1 aliphatic carbocycles. The largest absolute Gasteiger partial charge is 0.309 e. The molecule has 0 amide bonds. The molecule has 0 saturated heterocycles. The van der Waals surface area contributed by atoms with E-state index >= 15 is 0 Å². The quantitative estimate of drug-likeness (QED) is 0.812. The number of nitrogens with one attached hydrogen (secondary N) is 1. The molecule has 2 nitrogen and oxygen atoms in total. The first-order valence-corrected chi connectivity index (χ1v) is 8.87. The minimum atomic E-state index is 0.673. The lowest BCUT2D eigenvalue weighted by molar-refractivity contribution is 0.689. The van der Waals surface area contributed by atoms with Crippen LogP contribution in [0.3, 0.4) is 0 Å². The lowest BCUT2D eigenvalue weighted by Crippen LogP contribution is -2.15. The molecule has 0 bridgehead atoms. The number of aryl methyl sites for hydroxylation is 1. The predicted octanol–water partition coefficient (Wildman–Crippen LogP) is 4.86. The van der Waals surface area contributed by atoms with Crippen molar-refractivity contribution in [3.8, 4) is 0 Å². The van der Waals surface area contributed by atoms with Gasteiger partial charge in [-0.25, -0.2) is 4.98 Å². The van der Waals surface area contributed by atoms with Gasteiger partial charge >= 0.3 is 0 Å². The summed E-state index contributed by atoms with van der Waals surface area (Å²) in [6.45, 7) is 3.11. The Kier molecular flexibility index (Phi) is 4.85. The molecule has 1 aromatic carbocycles. The average molecular weight is 341 g/mol. The summed E-state index contributed by atoms with van der Waals surface area (Å²) in [6, 6.07) is 6.39. The van der Waals surface area contributed by atoms with E-state index < -0.39 is 0 Å². The second-order valence-corrected chi connectivity index (χ2v) is 7.41. The lowest BCUT2D eigenvalue weighted by atomic mass is 10.1. The smallest absolute Gasteiger partial charge is 0.0975 e. The van der Waals surface area contributed by atoms with E-state index in [1.165, 1.54) is 23.4 Å². The molecule has 1 N–H and O–H groups in total. The monoisotopic (exact) mass is 340 g/mol. The second-order valence-electron chi connectivity index (χ2n) is 5.40. The van der Waals surface area contributed by atoms with Crippen LogP contribution in [0.15, 0.2) is 18.2 Å². The highest BCUT2D eigenvalue weighted by Crippen LogP contribution is 2.27. The predicted molar refractivity (Wildman–Crippen MR) is 90.6 cm³/mol. The number of aromatic nitrogens is 1. The van der Waals surface area contributed by atoms with Gasteiger partial charge in [0.1, 0.15) is 0 Å². The van der Waals surface area contributed by atoms with Gasteiger partial charge in [0.2, 0.25) is 0 Å². The summed E-state index contributed by atoms with van der Waals surface area (Å²) in [5.74, 6) is 0. The summed E-state index contributed by atoms with van der Waals surface area (Å²) in [7, 11) is 0. The lowest BCUT2D eigenvalue weighted by Gasteiger charge is -2.02. The summed E-state index contributed by atoms with van der Waals surface area (Å²) in [4.78, 5) is 6.14. The molecule has 1 saturated carbocycles. The van der Waals surface area contributed by atoms with Crippen LogP contribution in [0, 0.1) is 0 Å². The van der Waals surface area contributed by atoms with Crippen LogP contribution < -0.4 is 5.32 Å². The van der Waals surface area contributed by atoms with Gasteiger partial charge in [0.25, 0.3) is 0 Å². The SMILES string of the molecule is CCc1nc(Cc2ccc(Cl)cc2Cl)sc1CNC1CC1. The van der Waals surface area contributed by atoms with Gasteiger partial charge in [-0.05, 0) is 37.0 Å². The van der Waals surface area contributed by atoms with Crippen LogP contribution in [0.25, 0.3) is 0 Å².